The van der Waals surface area contributed by atoms with E-state index >= 15 is 0 Å². The quantitative estimate of drug-likeness (QED) is 0.304. The third-order valence-corrected chi connectivity index (χ3v) is 4.64. The second kappa shape index (κ2) is 7.55. The molecule has 0 radical (unpaired) electrons. The van der Waals surface area contributed by atoms with Crippen molar-refractivity contribution in [3.63, 3.8) is 0 Å². The second-order valence-electron chi connectivity index (χ2n) is 6.34. The molecule has 0 N–H and O–H groups in total. The first-order valence-electron chi connectivity index (χ1n) is 8.86. The SMILES string of the molecule is O=[N+]([O-])c1ccc(C(=Nc2cccc3ccccc23)N2CCOCC2)cc1. The van der Waals surface area contributed by atoms with E-state index in [0.29, 0.717) is 13.2 Å². The van der Waals surface area contributed by atoms with Crippen LogP contribution in [0.3, 0.4) is 0 Å². The molecule has 0 bridgehead atoms. The monoisotopic (exact) mass is 361 g/mol. The van der Waals surface area contributed by atoms with Gasteiger partial charge in [0.15, 0.2) is 0 Å². The summed E-state index contributed by atoms with van der Waals surface area (Å²) in [6.07, 6.45) is 0. The molecule has 6 nitrogen and oxygen atoms in total. The molecule has 0 aliphatic carbocycles. The molecule has 0 spiro atoms. The second-order valence-corrected chi connectivity index (χ2v) is 6.34. The molecule has 27 heavy (non-hydrogen) atoms. The lowest BCUT2D eigenvalue weighted by Gasteiger charge is -2.30. The van der Waals surface area contributed by atoms with Crippen molar-refractivity contribution in [1.82, 2.24) is 4.90 Å². The fourth-order valence-corrected chi connectivity index (χ4v) is 3.25. The molecule has 4 rings (SSSR count). The minimum Gasteiger partial charge on any atom is -0.378 e. The molecule has 1 heterocycles. The molecule has 3 aromatic rings. The fraction of sp³-hybridized carbons (Fsp3) is 0.190. The Labute approximate surface area is 156 Å². The summed E-state index contributed by atoms with van der Waals surface area (Å²) >= 11 is 0. The molecular weight excluding hydrogens is 342 g/mol. The van der Waals surface area contributed by atoms with E-state index in [-0.39, 0.29) is 10.6 Å². The first-order valence-corrected chi connectivity index (χ1v) is 8.86. The van der Waals surface area contributed by atoms with E-state index in [0.717, 1.165) is 40.9 Å². The van der Waals surface area contributed by atoms with Gasteiger partial charge in [0.2, 0.25) is 0 Å². The molecule has 0 aromatic heterocycles. The van der Waals surface area contributed by atoms with Gasteiger partial charge in [-0.1, -0.05) is 36.4 Å². The third kappa shape index (κ3) is 3.66. The normalized spacial score (nSPS) is 15.1. The van der Waals surface area contributed by atoms with E-state index in [1.54, 1.807) is 12.1 Å². The summed E-state index contributed by atoms with van der Waals surface area (Å²) in [5, 5.41) is 13.2. The van der Waals surface area contributed by atoms with Crippen molar-refractivity contribution >= 4 is 28.0 Å². The number of nitrogens with zero attached hydrogens (tertiary/aromatic N) is 3. The van der Waals surface area contributed by atoms with Gasteiger partial charge in [0.05, 0.1) is 23.8 Å². The molecule has 1 aliphatic rings. The maximum absolute atomic E-state index is 11.0. The topological polar surface area (TPSA) is 68.0 Å². The van der Waals surface area contributed by atoms with Crippen molar-refractivity contribution in [3.05, 3.63) is 82.4 Å². The summed E-state index contributed by atoms with van der Waals surface area (Å²) in [4.78, 5) is 17.7. The molecule has 3 aromatic carbocycles. The molecule has 0 amide bonds. The summed E-state index contributed by atoms with van der Waals surface area (Å²) in [5.41, 5.74) is 1.81. The van der Waals surface area contributed by atoms with E-state index in [4.69, 9.17) is 9.73 Å². The van der Waals surface area contributed by atoms with E-state index < -0.39 is 0 Å². The Kier molecular flexibility index (Phi) is 4.80. The van der Waals surface area contributed by atoms with E-state index in [9.17, 15) is 10.1 Å². The summed E-state index contributed by atoms with van der Waals surface area (Å²) in [6.45, 7) is 2.75. The predicted octanol–water partition coefficient (Wildman–Crippen LogP) is 4.16. The van der Waals surface area contributed by atoms with Crippen LogP contribution in [0.15, 0.2) is 71.7 Å². The fourth-order valence-electron chi connectivity index (χ4n) is 3.25. The number of nitro benzene ring substituents is 1. The average molecular weight is 361 g/mol. The highest BCUT2D eigenvalue weighted by Gasteiger charge is 2.18. The van der Waals surface area contributed by atoms with Gasteiger partial charge in [-0.15, -0.1) is 0 Å². The lowest BCUT2D eigenvalue weighted by molar-refractivity contribution is -0.384. The lowest BCUT2D eigenvalue weighted by Crippen LogP contribution is -2.41. The maximum atomic E-state index is 11.0. The number of hydrogen-bond donors (Lipinski definition) is 0. The number of ether oxygens (including phenoxy) is 1. The molecule has 1 aliphatic heterocycles. The van der Waals surface area contributed by atoms with Crippen LogP contribution < -0.4 is 0 Å². The number of morpholine rings is 1. The zero-order valence-corrected chi connectivity index (χ0v) is 14.7. The molecule has 0 unspecified atom stereocenters. The Morgan fingerprint density at radius 1 is 0.963 bits per heavy atom. The first-order chi connectivity index (χ1) is 13.2. The summed E-state index contributed by atoms with van der Waals surface area (Å²) < 4.78 is 5.47. The molecular formula is C21H19N3O3. The maximum Gasteiger partial charge on any atom is 0.269 e. The van der Waals surface area contributed by atoms with Gasteiger partial charge in [0, 0.05) is 36.2 Å². The van der Waals surface area contributed by atoms with Crippen LogP contribution in [-0.2, 0) is 4.74 Å². The number of non-ortho nitro benzene ring substituents is 1. The third-order valence-electron chi connectivity index (χ3n) is 4.64. The number of rotatable bonds is 3. The van der Waals surface area contributed by atoms with Gasteiger partial charge in [-0.05, 0) is 23.6 Å². The molecule has 0 saturated carbocycles. The standard InChI is InChI=1S/C21H19N3O3/c25-24(26)18-10-8-17(9-11-18)21(23-12-14-27-15-13-23)22-20-7-3-5-16-4-1-2-6-19(16)20/h1-11H,12-15H2. The van der Waals surface area contributed by atoms with Crippen LogP contribution in [0.1, 0.15) is 5.56 Å². The Morgan fingerprint density at radius 2 is 1.67 bits per heavy atom. The molecule has 0 atom stereocenters. The van der Waals surface area contributed by atoms with Gasteiger partial charge in [-0.2, -0.15) is 0 Å². The first kappa shape index (κ1) is 17.2. The van der Waals surface area contributed by atoms with Gasteiger partial charge < -0.3 is 9.64 Å². The molecule has 1 saturated heterocycles. The number of benzene rings is 3. The van der Waals surface area contributed by atoms with Crippen LogP contribution in [0.4, 0.5) is 11.4 Å². The van der Waals surface area contributed by atoms with Crippen molar-refractivity contribution < 1.29 is 9.66 Å². The van der Waals surface area contributed by atoms with Crippen LogP contribution in [0.2, 0.25) is 0 Å². The highest BCUT2D eigenvalue weighted by atomic mass is 16.6. The lowest BCUT2D eigenvalue weighted by atomic mass is 10.1. The van der Waals surface area contributed by atoms with Crippen molar-refractivity contribution in [2.45, 2.75) is 0 Å². The highest BCUT2D eigenvalue weighted by Crippen LogP contribution is 2.27. The number of amidine groups is 1. The zero-order chi connectivity index (χ0) is 18.6. The molecule has 1 fully saturated rings. The van der Waals surface area contributed by atoms with E-state index in [2.05, 4.69) is 23.1 Å². The van der Waals surface area contributed by atoms with Gasteiger partial charge in [0.1, 0.15) is 5.84 Å². The molecule has 136 valence electrons. The Morgan fingerprint density at radius 3 is 2.41 bits per heavy atom. The van der Waals surface area contributed by atoms with Gasteiger partial charge in [0.25, 0.3) is 5.69 Å². The average Bonchev–Trinajstić information content (AvgIpc) is 2.73. The Hall–Kier alpha value is -3.25. The number of aliphatic imine (C=N–C) groups is 1. The minimum absolute atomic E-state index is 0.0743. The largest absolute Gasteiger partial charge is 0.378 e. The number of hydrogen-bond acceptors (Lipinski definition) is 4. The smallest absolute Gasteiger partial charge is 0.269 e. The van der Waals surface area contributed by atoms with Crippen molar-refractivity contribution in [2.24, 2.45) is 4.99 Å². The van der Waals surface area contributed by atoms with E-state index in [1.807, 2.05) is 24.3 Å². The zero-order valence-electron chi connectivity index (χ0n) is 14.7. The Bertz CT molecular complexity index is 988. The molecule has 6 heteroatoms. The van der Waals surface area contributed by atoms with Crippen LogP contribution in [0.5, 0.6) is 0 Å². The van der Waals surface area contributed by atoms with Gasteiger partial charge in [-0.25, -0.2) is 4.99 Å². The summed E-state index contributed by atoms with van der Waals surface area (Å²) in [5.74, 6) is 0.810. The van der Waals surface area contributed by atoms with Crippen LogP contribution in [0.25, 0.3) is 10.8 Å². The van der Waals surface area contributed by atoms with Crippen molar-refractivity contribution in [1.29, 1.82) is 0 Å². The summed E-state index contributed by atoms with van der Waals surface area (Å²) in [6, 6.07) is 20.8. The van der Waals surface area contributed by atoms with Crippen molar-refractivity contribution in [2.75, 3.05) is 26.3 Å². The highest BCUT2D eigenvalue weighted by molar-refractivity contribution is 6.03. The van der Waals surface area contributed by atoms with Crippen molar-refractivity contribution in [3.8, 4) is 0 Å². The predicted molar refractivity (Wildman–Crippen MR) is 106 cm³/mol. The van der Waals surface area contributed by atoms with E-state index in [1.165, 1.54) is 12.1 Å². The van der Waals surface area contributed by atoms with Crippen LogP contribution in [0, 0.1) is 10.1 Å². The van der Waals surface area contributed by atoms with Gasteiger partial charge >= 0.3 is 0 Å². The van der Waals surface area contributed by atoms with Crippen LogP contribution >= 0.6 is 0 Å². The number of fused-ring (bicyclic) bond motifs is 1. The Balaban J connectivity index is 1.81. The van der Waals surface area contributed by atoms with Gasteiger partial charge in [-0.3, -0.25) is 10.1 Å². The van der Waals surface area contributed by atoms with Crippen LogP contribution in [-0.4, -0.2) is 42.0 Å². The minimum atomic E-state index is -0.389. The summed E-state index contributed by atoms with van der Waals surface area (Å²) in [7, 11) is 0. The number of nitro groups is 1.